The summed E-state index contributed by atoms with van der Waals surface area (Å²) < 4.78 is 10.7. The second-order valence-corrected chi connectivity index (χ2v) is 8.95. The maximum atomic E-state index is 13.1. The van der Waals surface area contributed by atoms with Crippen LogP contribution in [-0.2, 0) is 16.8 Å². The first kappa shape index (κ1) is 19.5. The quantitative estimate of drug-likeness (QED) is 0.769. The number of rotatable bonds is 4. The largest absolute Gasteiger partial charge is 0.497 e. The predicted octanol–water partition coefficient (Wildman–Crippen LogP) is 4.51. The summed E-state index contributed by atoms with van der Waals surface area (Å²) in [4.78, 5) is 20.1. The highest BCUT2D eigenvalue weighted by atomic mass is 16.5. The summed E-state index contributed by atoms with van der Waals surface area (Å²) in [6, 6.07) is 13.9. The first-order valence-electron chi connectivity index (χ1n) is 9.96. The van der Waals surface area contributed by atoms with E-state index in [1.54, 1.807) is 14.2 Å². The van der Waals surface area contributed by atoms with Gasteiger partial charge in [-0.3, -0.25) is 9.79 Å². The van der Waals surface area contributed by atoms with Gasteiger partial charge in [0.05, 0.1) is 25.3 Å². The number of hydrogen-bond donors (Lipinski definition) is 0. The minimum atomic E-state index is -0.397. The highest BCUT2D eigenvalue weighted by Gasteiger charge is 2.54. The Morgan fingerprint density at radius 1 is 1.03 bits per heavy atom. The summed E-state index contributed by atoms with van der Waals surface area (Å²) in [7, 11) is 3.33. The summed E-state index contributed by atoms with van der Waals surface area (Å²) in [6.07, 6.45) is 0.444. The van der Waals surface area contributed by atoms with Gasteiger partial charge in [0.15, 0.2) is 0 Å². The molecule has 5 nitrogen and oxygen atoms in total. The summed E-state index contributed by atoms with van der Waals surface area (Å²) >= 11 is 0. The van der Waals surface area contributed by atoms with E-state index >= 15 is 0 Å². The number of methoxy groups -OCH3 is 2. The number of aliphatic imine (C=N–C) groups is 1. The molecule has 0 saturated carbocycles. The van der Waals surface area contributed by atoms with E-state index in [9.17, 15) is 4.79 Å². The Kier molecular flexibility index (Phi) is 4.64. The summed E-state index contributed by atoms with van der Waals surface area (Å²) in [5.74, 6) is 1.78. The van der Waals surface area contributed by atoms with Crippen LogP contribution in [0.3, 0.4) is 0 Å². The Morgan fingerprint density at radius 2 is 1.69 bits per heavy atom. The summed E-state index contributed by atoms with van der Waals surface area (Å²) in [5, 5.41) is 0. The lowest BCUT2D eigenvalue weighted by Gasteiger charge is -2.34. The standard InChI is InChI=1S/C24H28N2O3/c1-23(2,3)22-24(19-12-18(29-5)10-11-20(19)25-22)13-21(27)26(15-24)14-16-6-8-17(28-4)9-7-16/h6-12H,13-15H2,1-5H3/t24-/m1/s1. The number of ether oxygens (including phenoxy) is 2. The van der Waals surface area contributed by atoms with Gasteiger partial charge in [0, 0.05) is 30.6 Å². The molecular formula is C24H28N2O3. The molecule has 1 atom stereocenters. The van der Waals surface area contributed by atoms with Gasteiger partial charge in [-0.1, -0.05) is 32.9 Å². The zero-order chi connectivity index (χ0) is 20.8. The Morgan fingerprint density at radius 3 is 2.31 bits per heavy atom. The Balaban J connectivity index is 1.70. The van der Waals surface area contributed by atoms with Crippen LogP contribution in [0.15, 0.2) is 47.5 Å². The fourth-order valence-corrected chi connectivity index (χ4v) is 4.64. The van der Waals surface area contributed by atoms with Crippen LogP contribution in [0.25, 0.3) is 0 Å². The smallest absolute Gasteiger partial charge is 0.224 e. The predicted molar refractivity (Wildman–Crippen MR) is 114 cm³/mol. The van der Waals surface area contributed by atoms with E-state index in [1.165, 1.54) is 0 Å². The number of fused-ring (bicyclic) bond motifs is 2. The maximum Gasteiger partial charge on any atom is 0.224 e. The third kappa shape index (κ3) is 3.28. The molecule has 4 rings (SSSR count). The molecule has 0 bridgehead atoms. The first-order valence-corrected chi connectivity index (χ1v) is 9.96. The van der Waals surface area contributed by atoms with Gasteiger partial charge in [-0.25, -0.2) is 0 Å². The molecule has 1 amide bonds. The second-order valence-electron chi connectivity index (χ2n) is 8.95. The molecule has 0 radical (unpaired) electrons. The van der Waals surface area contributed by atoms with Crippen molar-refractivity contribution in [3.05, 3.63) is 53.6 Å². The van der Waals surface area contributed by atoms with Crippen molar-refractivity contribution >= 4 is 17.3 Å². The van der Waals surface area contributed by atoms with Crippen LogP contribution in [0.2, 0.25) is 0 Å². The van der Waals surface area contributed by atoms with Crippen LogP contribution in [-0.4, -0.2) is 37.3 Å². The lowest BCUT2D eigenvalue weighted by Crippen LogP contribution is -2.43. The number of likely N-dealkylation sites (tertiary alicyclic amines) is 1. The van der Waals surface area contributed by atoms with Crippen LogP contribution < -0.4 is 9.47 Å². The maximum absolute atomic E-state index is 13.1. The highest BCUT2D eigenvalue weighted by Crippen LogP contribution is 2.51. The van der Waals surface area contributed by atoms with Crippen LogP contribution in [0, 0.1) is 5.41 Å². The third-order valence-electron chi connectivity index (χ3n) is 5.91. The van der Waals surface area contributed by atoms with Gasteiger partial charge in [0.25, 0.3) is 0 Å². The van der Waals surface area contributed by atoms with Crippen molar-refractivity contribution in [1.82, 2.24) is 4.90 Å². The average molecular weight is 392 g/mol. The highest BCUT2D eigenvalue weighted by molar-refractivity contribution is 6.09. The normalized spacial score (nSPS) is 20.8. The van der Waals surface area contributed by atoms with Crippen molar-refractivity contribution in [2.45, 2.75) is 39.2 Å². The van der Waals surface area contributed by atoms with E-state index in [0.717, 1.165) is 34.0 Å². The van der Waals surface area contributed by atoms with Gasteiger partial charge in [-0.05, 0) is 41.5 Å². The van der Waals surface area contributed by atoms with Gasteiger partial charge in [0.2, 0.25) is 5.91 Å². The molecule has 0 N–H and O–H groups in total. The van der Waals surface area contributed by atoms with E-state index in [-0.39, 0.29) is 11.3 Å². The monoisotopic (exact) mass is 392 g/mol. The molecule has 2 aliphatic rings. The topological polar surface area (TPSA) is 51.1 Å². The number of amides is 1. The van der Waals surface area contributed by atoms with E-state index in [4.69, 9.17) is 14.5 Å². The molecule has 29 heavy (non-hydrogen) atoms. The zero-order valence-electron chi connectivity index (χ0n) is 17.8. The summed E-state index contributed by atoms with van der Waals surface area (Å²) in [5.41, 5.74) is 3.70. The van der Waals surface area contributed by atoms with E-state index in [2.05, 4.69) is 26.8 Å². The number of benzene rings is 2. The Labute approximate surface area is 172 Å². The molecule has 2 aromatic carbocycles. The number of hydrogen-bond acceptors (Lipinski definition) is 4. The SMILES string of the molecule is COc1ccc(CN2C[C@@]3(CC2=O)C(C(C)(C)C)=Nc2ccc(OC)cc23)cc1. The van der Waals surface area contributed by atoms with E-state index in [1.807, 2.05) is 41.3 Å². The Hall–Kier alpha value is -2.82. The molecule has 1 saturated heterocycles. The van der Waals surface area contributed by atoms with Crippen molar-refractivity contribution in [1.29, 1.82) is 0 Å². The Bertz CT molecular complexity index is 973. The molecule has 0 aromatic heterocycles. The molecule has 2 aromatic rings. The number of carbonyl (C=O) groups excluding carboxylic acids is 1. The average Bonchev–Trinajstić information content (AvgIpc) is 3.19. The van der Waals surface area contributed by atoms with Crippen molar-refractivity contribution < 1.29 is 14.3 Å². The molecule has 1 fully saturated rings. The molecule has 152 valence electrons. The minimum Gasteiger partial charge on any atom is -0.497 e. The van der Waals surface area contributed by atoms with Crippen LogP contribution in [0.4, 0.5) is 5.69 Å². The van der Waals surface area contributed by atoms with Crippen molar-refractivity contribution in [2.75, 3.05) is 20.8 Å². The molecule has 2 aliphatic heterocycles. The van der Waals surface area contributed by atoms with Gasteiger partial charge in [-0.15, -0.1) is 0 Å². The molecule has 0 aliphatic carbocycles. The van der Waals surface area contributed by atoms with E-state index in [0.29, 0.717) is 19.5 Å². The molecule has 5 heteroatoms. The molecule has 2 heterocycles. The van der Waals surface area contributed by atoms with Gasteiger partial charge in [0.1, 0.15) is 11.5 Å². The molecular weight excluding hydrogens is 364 g/mol. The van der Waals surface area contributed by atoms with Crippen molar-refractivity contribution in [3.8, 4) is 11.5 Å². The third-order valence-corrected chi connectivity index (χ3v) is 5.91. The van der Waals surface area contributed by atoms with Gasteiger partial charge in [-0.2, -0.15) is 0 Å². The number of carbonyl (C=O) groups is 1. The fourth-order valence-electron chi connectivity index (χ4n) is 4.64. The van der Waals surface area contributed by atoms with Crippen LogP contribution >= 0.6 is 0 Å². The van der Waals surface area contributed by atoms with Gasteiger partial charge < -0.3 is 14.4 Å². The van der Waals surface area contributed by atoms with Crippen LogP contribution in [0.1, 0.15) is 38.3 Å². The van der Waals surface area contributed by atoms with Crippen LogP contribution in [0.5, 0.6) is 11.5 Å². The lowest BCUT2D eigenvalue weighted by molar-refractivity contribution is -0.128. The van der Waals surface area contributed by atoms with Crippen molar-refractivity contribution in [2.24, 2.45) is 10.4 Å². The zero-order valence-corrected chi connectivity index (χ0v) is 17.8. The molecule has 0 unspecified atom stereocenters. The first-order chi connectivity index (χ1) is 13.8. The van der Waals surface area contributed by atoms with E-state index < -0.39 is 5.41 Å². The van der Waals surface area contributed by atoms with Gasteiger partial charge >= 0.3 is 0 Å². The lowest BCUT2D eigenvalue weighted by atomic mass is 9.68. The summed E-state index contributed by atoms with van der Waals surface area (Å²) in [6.45, 7) is 7.74. The molecule has 1 spiro atoms. The van der Waals surface area contributed by atoms with Crippen molar-refractivity contribution in [3.63, 3.8) is 0 Å². The minimum absolute atomic E-state index is 0.136. The number of nitrogens with zero attached hydrogens (tertiary/aromatic N) is 2. The fraction of sp³-hybridized carbons (Fsp3) is 0.417. The second kappa shape index (κ2) is 6.90.